The summed E-state index contributed by atoms with van der Waals surface area (Å²) >= 11 is 3.34. The number of carbonyl (C=O) groups excluding carboxylic acids is 1. The SMILES string of the molecule is CC1=CC(NNC(=O)COc2cccc(Br)c2)=CC1. The maximum atomic E-state index is 11.6. The summed E-state index contributed by atoms with van der Waals surface area (Å²) in [5, 5.41) is 0. The molecule has 0 saturated carbocycles. The number of carbonyl (C=O) groups is 1. The number of amides is 1. The molecule has 1 aliphatic carbocycles. The van der Waals surface area contributed by atoms with Gasteiger partial charge < -0.3 is 4.74 Å². The number of allylic oxidation sites excluding steroid dienone is 3. The molecule has 0 atom stereocenters. The Hall–Kier alpha value is -1.75. The summed E-state index contributed by atoms with van der Waals surface area (Å²) in [6.45, 7) is 2.02. The van der Waals surface area contributed by atoms with Crippen molar-refractivity contribution < 1.29 is 9.53 Å². The van der Waals surface area contributed by atoms with Crippen LogP contribution in [0.25, 0.3) is 0 Å². The molecule has 0 radical (unpaired) electrons. The first-order valence-electron chi connectivity index (χ1n) is 5.94. The molecule has 2 N–H and O–H groups in total. The zero-order chi connectivity index (χ0) is 13.7. The average molecular weight is 323 g/mol. The zero-order valence-corrected chi connectivity index (χ0v) is 12.2. The first-order chi connectivity index (χ1) is 9.13. The van der Waals surface area contributed by atoms with Crippen LogP contribution in [0.5, 0.6) is 5.75 Å². The van der Waals surface area contributed by atoms with Gasteiger partial charge in [-0.3, -0.25) is 15.6 Å². The second-order valence-electron chi connectivity index (χ2n) is 4.27. The van der Waals surface area contributed by atoms with Gasteiger partial charge in [0, 0.05) is 4.47 Å². The molecule has 1 aromatic carbocycles. The van der Waals surface area contributed by atoms with Crippen molar-refractivity contribution in [2.24, 2.45) is 0 Å². The Morgan fingerprint density at radius 3 is 3.00 bits per heavy atom. The summed E-state index contributed by atoms with van der Waals surface area (Å²) in [5.74, 6) is 0.430. The third kappa shape index (κ3) is 4.44. The van der Waals surface area contributed by atoms with Crippen LogP contribution in [-0.4, -0.2) is 12.5 Å². The van der Waals surface area contributed by atoms with Crippen LogP contribution < -0.4 is 15.6 Å². The fourth-order valence-corrected chi connectivity index (χ4v) is 2.00. The van der Waals surface area contributed by atoms with Crippen LogP contribution in [0.15, 0.2) is 52.2 Å². The lowest BCUT2D eigenvalue weighted by Gasteiger charge is -2.09. The molecule has 1 aliphatic rings. The lowest BCUT2D eigenvalue weighted by atomic mass is 10.3. The van der Waals surface area contributed by atoms with Crippen molar-refractivity contribution in [1.29, 1.82) is 0 Å². The molecule has 0 spiro atoms. The van der Waals surface area contributed by atoms with Crippen LogP contribution in [0.4, 0.5) is 0 Å². The highest BCUT2D eigenvalue weighted by Gasteiger charge is 2.05. The van der Waals surface area contributed by atoms with Crippen LogP contribution in [0.1, 0.15) is 13.3 Å². The third-order valence-electron chi connectivity index (χ3n) is 2.56. The van der Waals surface area contributed by atoms with E-state index in [-0.39, 0.29) is 12.5 Å². The molecule has 0 fully saturated rings. The largest absolute Gasteiger partial charge is 0.484 e. The molecular formula is C14H15BrN2O2. The molecule has 5 heteroatoms. The maximum Gasteiger partial charge on any atom is 0.276 e. The summed E-state index contributed by atoms with van der Waals surface area (Å²) in [6.07, 6.45) is 4.94. The van der Waals surface area contributed by atoms with Gasteiger partial charge in [-0.25, -0.2) is 0 Å². The van der Waals surface area contributed by atoms with E-state index in [1.807, 2.05) is 37.3 Å². The van der Waals surface area contributed by atoms with Gasteiger partial charge in [0.25, 0.3) is 5.91 Å². The lowest BCUT2D eigenvalue weighted by molar-refractivity contribution is -0.123. The predicted molar refractivity (Wildman–Crippen MR) is 77.4 cm³/mol. The average Bonchev–Trinajstić information content (AvgIpc) is 2.80. The summed E-state index contributed by atoms with van der Waals surface area (Å²) in [7, 11) is 0. The van der Waals surface area contributed by atoms with Gasteiger partial charge in [-0.2, -0.15) is 0 Å². The quantitative estimate of drug-likeness (QED) is 0.819. The highest BCUT2D eigenvalue weighted by molar-refractivity contribution is 9.10. The summed E-state index contributed by atoms with van der Waals surface area (Å²) in [6, 6.07) is 7.37. The number of hydrogen-bond donors (Lipinski definition) is 2. The molecule has 19 heavy (non-hydrogen) atoms. The van der Waals surface area contributed by atoms with Gasteiger partial charge in [0.15, 0.2) is 6.61 Å². The number of rotatable bonds is 5. The van der Waals surface area contributed by atoms with E-state index in [0.717, 1.165) is 16.6 Å². The number of hydrazine groups is 1. The molecule has 0 unspecified atom stereocenters. The number of ether oxygens (including phenoxy) is 1. The van der Waals surface area contributed by atoms with Gasteiger partial charge in [-0.1, -0.05) is 33.6 Å². The van der Waals surface area contributed by atoms with E-state index in [0.29, 0.717) is 5.75 Å². The molecule has 0 aliphatic heterocycles. The van der Waals surface area contributed by atoms with Gasteiger partial charge >= 0.3 is 0 Å². The Morgan fingerprint density at radius 1 is 1.47 bits per heavy atom. The Bertz CT molecular complexity index is 538. The van der Waals surface area contributed by atoms with Crippen LogP contribution in [0, 0.1) is 0 Å². The molecule has 0 heterocycles. The summed E-state index contributed by atoms with van der Waals surface area (Å²) in [4.78, 5) is 11.6. The molecule has 0 aromatic heterocycles. The van der Waals surface area contributed by atoms with Crippen molar-refractivity contribution in [2.75, 3.05) is 6.61 Å². The van der Waals surface area contributed by atoms with Crippen LogP contribution in [-0.2, 0) is 4.79 Å². The van der Waals surface area contributed by atoms with E-state index in [9.17, 15) is 4.79 Å². The standard InChI is InChI=1S/C14H15BrN2O2/c1-10-5-6-12(7-10)16-17-14(18)9-19-13-4-2-3-11(15)8-13/h2-4,6-8,16H,5,9H2,1H3,(H,17,18). The van der Waals surface area contributed by atoms with Crippen molar-refractivity contribution in [2.45, 2.75) is 13.3 Å². The van der Waals surface area contributed by atoms with E-state index in [1.54, 1.807) is 6.07 Å². The van der Waals surface area contributed by atoms with Crippen LogP contribution >= 0.6 is 15.9 Å². The molecule has 100 valence electrons. The Kier molecular flexibility index (Phi) is 4.63. The second kappa shape index (κ2) is 6.43. The molecule has 1 aromatic rings. The fraction of sp³-hybridized carbons (Fsp3) is 0.214. The van der Waals surface area contributed by atoms with Gasteiger partial charge in [-0.15, -0.1) is 0 Å². The molecule has 1 amide bonds. The minimum absolute atomic E-state index is 0.0283. The van der Waals surface area contributed by atoms with E-state index in [1.165, 1.54) is 5.57 Å². The van der Waals surface area contributed by atoms with Gasteiger partial charge in [0.2, 0.25) is 0 Å². The van der Waals surface area contributed by atoms with Gasteiger partial charge in [-0.05, 0) is 37.6 Å². The van der Waals surface area contributed by atoms with Crippen molar-refractivity contribution in [3.05, 3.63) is 52.2 Å². The van der Waals surface area contributed by atoms with Crippen molar-refractivity contribution in [3.63, 3.8) is 0 Å². The monoisotopic (exact) mass is 322 g/mol. The Morgan fingerprint density at radius 2 is 2.32 bits per heavy atom. The summed E-state index contributed by atoms with van der Waals surface area (Å²) < 4.78 is 6.28. The van der Waals surface area contributed by atoms with Crippen LogP contribution in [0.2, 0.25) is 0 Å². The van der Waals surface area contributed by atoms with E-state index >= 15 is 0 Å². The first kappa shape index (κ1) is 13.7. The highest BCUT2D eigenvalue weighted by Crippen LogP contribution is 2.17. The number of halogens is 1. The van der Waals surface area contributed by atoms with Gasteiger partial charge in [0.1, 0.15) is 5.75 Å². The molecular weight excluding hydrogens is 308 g/mol. The smallest absolute Gasteiger partial charge is 0.276 e. The van der Waals surface area contributed by atoms with Gasteiger partial charge in [0.05, 0.1) is 5.70 Å². The van der Waals surface area contributed by atoms with Crippen molar-refractivity contribution >= 4 is 21.8 Å². The first-order valence-corrected chi connectivity index (χ1v) is 6.73. The number of hydrogen-bond acceptors (Lipinski definition) is 3. The topological polar surface area (TPSA) is 50.4 Å². The van der Waals surface area contributed by atoms with E-state index in [2.05, 4.69) is 26.8 Å². The third-order valence-corrected chi connectivity index (χ3v) is 3.05. The number of benzene rings is 1. The number of nitrogens with one attached hydrogen (secondary N) is 2. The minimum atomic E-state index is -0.223. The second-order valence-corrected chi connectivity index (χ2v) is 5.19. The normalized spacial score (nSPS) is 13.6. The zero-order valence-electron chi connectivity index (χ0n) is 10.6. The maximum absolute atomic E-state index is 11.6. The molecule has 0 saturated heterocycles. The van der Waals surface area contributed by atoms with Crippen molar-refractivity contribution in [3.8, 4) is 5.75 Å². The highest BCUT2D eigenvalue weighted by atomic mass is 79.9. The molecule has 4 nitrogen and oxygen atoms in total. The van der Waals surface area contributed by atoms with Crippen LogP contribution in [0.3, 0.4) is 0 Å². The molecule has 0 bridgehead atoms. The predicted octanol–water partition coefficient (Wildman–Crippen LogP) is 2.68. The summed E-state index contributed by atoms with van der Waals surface area (Å²) in [5.41, 5.74) is 7.62. The van der Waals surface area contributed by atoms with E-state index in [4.69, 9.17) is 4.74 Å². The Labute approximate surface area is 120 Å². The van der Waals surface area contributed by atoms with E-state index < -0.39 is 0 Å². The lowest BCUT2D eigenvalue weighted by Crippen LogP contribution is -2.39. The molecule has 2 rings (SSSR count). The van der Waals surface area contributed by atoms with Crippen molar-refractivity contribution in [1.82, 2.24) is 10.9 Å². The Balaban J connectivity index is 1.73. The minimum Gasteiger partial charge on any atom is -0.484 e. The fourth-order valence-electron chi connectivity index (χ4n) is 1.62.